The summed E-state index contributed by atoms with van der Waals surface area (Å²) in [6.07, 6.45) is 0. The molecule has 0 amide bonds. The molecule has 0 aliphatic rings. The van der Waals surface area contributed by atoms with E-state index in [1.807, 2.05) is 0 Å². The molecular weight excluding hydrogens is 431 g/mol. The fraction of sp³-hybridized carbons (Fsp3) is 0.143. The third-order valence-corrected chi connectivity index (χ3v) is 15.5. The maximum absolute atomic E-state index is 3.21. The Balaban J connectivity index is 2.50. The van der Waals surface area contributed by atoms with Gasteiger partial charge in [0.25, 0.3) is 0 Å². The first-order valence-corrected chi connectivity index (χ1v) is 15.1. The summed E-state index contributed by atoms with van der Waals surface area (Å²) in [4.78, 5) is 0. The van der Waals surface area contributed by atoms with Crippen molar-refractivity contribution < 1.29 is 0 Å². The Morgan fingerprint density at radius 1 is 1.17 bits per heavy atom. The van der Waals surface area contributed by atoms with Crippen molar-refractivity contribution in [1.82, 2.24) is 0 Å². The van der Waals surface area contributed by atoms with Crippen molar-refractivity contribution in [3.05, 3.63) is 35.9 Å². The van der Waals surface area contributed by atoms with Crippen molar-refractivity contribution in [3.8, 4) is 0 Å². The van der Waals surface area contributed by atoms with E-state index in [-0.39, 0.29) is 0 Å². The van der Waals surface area contributed by atoms with E-state index in [0.717, 1.165) is 0 Å². The molecule has 1 aromatic carbocycles. The summed E-state index contributed by atoms with van der Waals surface area (Å²) in [5.41, 5.74) is 1.45. The molecule has 0 aliphatic carbocycles. The first-order chi connectivity index (χ1) is 5.58. The van der Waals surface area contributed by atoms with Crippen LogP contribution in [0, 0.1) is 0 Å². The van der Waals surface area contributed by atoms with Crippen LogP contribution in [-0.2, 0) is 5.32 Å². The quantitative estimate of drug-likeness (QED) is 0.490. The van der Waals surface area contributed by atoms with E-state index in [2.05, 4.69) is 76.6 Å². The van der Waals surface area contributed by atoms with E-state index < -0.39 is 1.58 Å². The normalized spacial score (nSPS) is 11.5. The van der Waals surface area contributed by atoms with Gasteiger partial charge in [-0.25, -0.2) is 0 Å². The summed E-state index contributed by atoms with van der Waals surface area (Å²) < 4.78 is -0.894. The van der Waals surface area contributed by atoms with Gasteiger partial charge in [-0.05, 0) is 0 Å². The third kappa shape index (κ3) is 5.46. The van der Waals surface area contributed by atoms with Gasteiger partial charge >= 0.3 is 104 Å². The zero-order chi connectivity index (χ0) is 9.03. The van der Waals surface area contributed by atoms with E-state index in [4.69, 9.17) is 0 Å². The standard InChI is InChI=1S/C7H7PSe4/c9-8(10,11)12-6-7-4-2-1-3-5-7/h1-5H,6H2. The summed E-state index contributed by atoms with van der Waals surface area (Å²) in [5, 5.41) is 1.22. The van der Waals surface area contributed by atoms with Crippen molar-refractivity contribution >= 4 is 62.3 Å². The van der Waals surface area contributed by atoms with Crippen LogP contribution < -0.4 is 0 Å². The summed E-state index contributed by atoms with van der Waals surface area (Å²) in [5.74, 6) is 0. The SMILES string of the molecule is [Se]P([Se])(=[Se])[Se]Cc1ccccc1. The van der Waals surface area contributed by atoms with Gasteiger partial charge in [0.1, 0.15) is 0 Å². The molecule has 0 aromatic heterocycles. The molecule has 0 saturated carbocycles. The molecule has 0 nitrogen and oxygen atoms in total. The molecule has 1 aromatic rings. The monoisotopic (exact) mass is 442 g/mol. The molecule has 64 valence electrons. The Morgan fingerprint density at radius 2 is 1.75 bits per heavy atom. The van der Waals surface area contributed by atoms with E-state index in [0.29, 0.717) is 14.5 Å². The Kier molecular flexibility index (Phi) is 5.48. The van der Waals surface area contributed by atoms with E-state index in [1.165, 1.54) is 10.9 Å². The van der Waals surface area contributed by atoms with Gasteiger partial charge < -0.3 is 0 Å². The van der Waals surface area contributed by atoms with E-state index in [1.54, 1.807) is 0 Å². The minimum atomic E-state index is -0.894. The molecule has 0 saturated heterocycles. The van der Waals surface area contributed by atoms with Crippen LogP contribution in [0.3, 0.4) is 0 Å². The number of benzene rings is 1. The number of hydrogen-bond acceptors (Lipinski definition) is 0. The fourth-order valence-electron chi connectivity index (χ4n) is 0.728. The van der Waals surface area contributed by atoms with Crippen molar-refractivity contribution in [3.63, 3.8) is 0 Å². The zero-order valence-electron chi connectivity index (χ0n) is 6.17. The molecule has 0 spiro atoms. The second-order valence-electron chi connectivity index (χ2n) is 2.21. The van der Waals surface area contributed by atoms with Gasteiger partial charge in [0, 0.05) is 0 Å². The van der Waals surface area contributed by atoms with Crippen LogP contribution in [0.2, 0.25) is 0 Å². The average molecular weight is 438 g/mol. The second-order valence-corrected chi connectivity index (χ2v) is 40.5. The number of rotatable bonds is 3. The van der Waals surface area contributed by atoms with E-state index >= 15 is 0 Å². The van der Waals surface area contributed by atoms with Crippen molar-refractivity contribution in [2.75, 3.05) is 0 Å². The Morgan fingerprint density at radius 3 is 2.25 bits per heavy atom. The van der Waals surface area contributed by atoms with Crippen LogP contribution >= 0.6 is 1.58 Å². The first kappa shape index (κ1) is 11.8. The molecule has 2 radical (unpaired) electrons. The first-order valence-electron chi connectivity index (χ1n) is 3.28. The predicted octanol–water partition coefficient (Wildman–Crippen LogP) is 1.07. The molecule has 0 atom stereocenters. The fourth-order valence-corrected chi connectivity index (χ4v) is 8.54. The van der Waals surface area contributed by atoms with Gasteiger partial charge in [0.2, 0.25) is 0 Å². The van der Waals surface area contributed by atoms with Gasteiger partial charge in [0.05, 0.1) is 0 Å². The van der Waals surface area contributed by atoms with Crippen LogP contribution in [0.25, 0.3) is 0 Å². The summed E-state index contributed by atoms with van der Waals surface area (Å²) >= 11 is 10.3. The van der Waals surface area contributed by atoms with Crippen molar-refractivity contribution in [2.45, 2.75) is 5.32 Å². The van der Waals surface area contributed by atoms with Crippen LogP contribution in [0.5, 0.6) is 0 Å². The van der Waals surface area contributed by atoms with Crippen LogP contribution in [0.15, 0.2) is 30.3 Å². The average Bonchev–Trinajstić information content (AvgIpc) is 2.02. The van der Waals surface area contributed by atoms with Gasteiger partial charge in [-0.2, -0.15) is 0 Å². The molecule has 0 bridgehead atoms. The molecule has 5 heteroatoms. The summed E-state index contributed by atoms with van der Waals surface area (Å²) in [7, 11) is 0. The zero-order valence-corrected chi connectivity index (χ0v) is 13.9. The van der Waals surface area contributed by atoms with Gasteiger partial charge in [-0.3, -0.25) is 0 Å². The summed E-state index contributed by atoms with van der Waals surface area (Å²) in [6, 6.07) is 10.6. The molecule has 0 heterocycles. The second kappa shape index (κ2) is 5.57. The maximum atomic E-state index is 3.21. The van der Waals surface area contributed by atoms with Crippen LogP contribution in [-0.4, -0.2) is 60.8 Å². The minimum absolute atomic E-state index is 0.661. The number of hydrogen-bond donors (Lipinski definition) is 0. The molecule has 1 rings (SSSR count). The van der Waals surface area contributed by atoms with E-state index in [9.17, 15) is 0 Å². The van der Waals surface area contributed by atoms with Gasteiger partial charge in [-0.1, -0.05) is 0 Å². The Bertz CT molecular complexity index is 279. The van der Waals surface area contributed by atoms with Crippen molar-refractivity contribution in [2.24, 2.45) is 0 Å². The van der Waals surface area contributed by atoms with Gasteiger partial charge in [0.15, 0.2) is 0 Å². The topological polar surface area (TPSA) is 0 Å². The molecular formula is C7H7PSe4. The molecule has 0 aliphatic heterocycles. The predicted molar refractivity (Wildman–Crippen MR) is 60.1 cm³/mol. The Labute approximate surface area is 102 Å². The third-order valence-electron chi connectivity index (χ3n) is 1.23. The van der Waals surface area contributed by atoms with Crippen LogP contribution in [0.1, 0.15) is 5.56 Å². The molecule has 12 heavy (non-hydrogen) atoms. The molecule has 0 N–H and O–H groups in total. The molecule has 0 fully saturated rings. The van der Waals surface area contributed by atoms with Crippen molar-refractivity contribution in [1.29, 1.82) is 0 Å². The summed E-state index contributed by atoms with van der Waals surface area (Å²) in [6.45, 7) is 0. The Hall–Kier alpha value is 1.73. The van der Waals surface area contributed by atoms with Crippen LogP contribution in [0.4, 0.5) is 0 Å². The molecule has 0 unspecified atom stereocenters. The van der Waals surface area contributed by atoms with Gasteiger partial charge in [-0.15, -0.1) is 0 Å².